The fourth-order valence-electron chi connectivity index (χ4n) is 2.89. The van der Waals surface area contributed by atoms with Crippen molar-refractivity contribution in [1.82, 2.24) is 10.1 Å². The quantitative estimate of drug-likeness (QED) is 0.876. The van der Waals surface area contributed by atoms with Crippen LogP contribution in [-0.2, 0) is 9.59 Å². The van der Waals surface area contributed by atoms with E-state index in [9.17, 15) is 9.59 Å². The van der Waals surface area contributed by atoms with Gasteiger partial charge >= 0.3 is 0 Å². The molecule has 1 fully saturated rings. The summed E-state index contributed by atoms with van der Waals surface area (Å²) in [5.74, 6) is 1.31. The average Bonchev–Trinajstić information content (AvgIpc) is 3.08. The predicted molar refractivity (Wildman–Crippen MR) is 83.2 cm³/mol. The Morgan fingerprint density at radius 2 is 2.09 bits per heavy atom. The van der Waals surface area contributed by atoms with E-state index in [0.29, 0.717) is 24.0 Å². The zero-order valence-corrected chi connectivity index (χ0v) is 13.6. The van der Waals surface area contributed by atoms with Crippen molar-refractivity contribution < 1.29 is 14.1 Å². The van der Waals surface area contributed by atoms with Gasteiger partial charge in [-0.05, 0) is 25.7 Å². The number of aromatic nitrogens is 1. The highest BCUT2D eigenvalue weighted by Gasteiger charge is 2.28. The molecule has 1 aromatic rings. The van der Waals surface area contributed by atoms with Gasteiger partial charge in [0.25, 0.3) is 0 Å². The maximum atomic E-state index is 12.6. The van der Waals surface area contributed by atoms with Gasteiger partial charge < -0.3 is 14.7 Å². The highest BCUT2D eigenvalue weighted by Crippen LogP contribution is 2.26. The maximum Gasteiger partial charge on any atom is 0.245 e. The molecule has 0 atom stereocenters. The summed E-state index contributed by atoms with van der Waals surface area (Å²) in [4.78, 5) is 26.4. The summed E-state index contributed by atoms with van der Waals surface area (Å²) in [6, 6.07) is 1.66. The van der Waals surface area contributed by atoms with Crippen molar-refractivity contribution in [2.45, 2.75) is 46.5 Å². The van der Waals surface area contributed by atoms with Crippen molar-refractivity contribution in [2.24, 2.45) is 11.8 Å². The van der Waals surface area contributed by atoms with Crippen LogP contribution in [0.2, 0.25) is 0 Å². The minimum Gasteiger partial charge on any atom is -0.360 e. The number of hydrogen-bond donors (Lipinski definition) is 1. The molecule has 1 aliphatic carbocycles. The molecule has 1 saturated carbocycles. The number of nitrogens with zero attached hydrogens (tertiary/aromatic N) is 2. The Balaban J connectivity index is 1.95. The number of carbonyl (C=O) groups is 2. The van der Waals surface area contributed by atoms with E-state index in [0.717, 1.165) is 25.7 Å². The van der Waals surface area contributed by atoms with Crippen molar-refractivity contribution >= 4 is 17.6 Å². The third kappa shape index (κ3) is 4.58. The molecule has 0 radical (unpaired) electrons. The number of hydrogen-bond acceptors (Lipinski definition) is 4. The first-order valence-electron chi connectivity index (χ1n) is 7.97. The lowest BCUT2D eigenvalue weighted by Crippen LogP contribution is -2.42. The summed E-state index contributed by atoms with van der Waals surface area (Å²) in [5.41, 5.74) is 0. The Hall–Kier alpha value is -1.85. The minimum absolute atomic E-state index is 0.0689. The highest BCUT2D eigenvalue weighted by molar-refractivity contribution is 5.94. The van der Waals surface area contributed by atoms with E-state index in [-0.39, 0.29) is 24.3 Å². The van der Waals surface area contributed by atoms with Crippen LogP contribution in [0.1, 0.15) is 45.3 Å². The summed E-state index contributed by atoms with van der Waals surface area (Å²) < 4.78 is 4.92. The Kier molecular flexibility index (Phi) is 5.57. The number of carbonyl (C=O) groups excluding carboxylic acids is 2. The fraction of sp³-hybridized carbons (Fsp3) is 0.688. The number of nitrogens with one attached hydrogen (secondary N) is 1. The first kappa shape index (κ1) is 16.5. The molecule has 0 spiro atoms. The summed E-state index contributed by atoms with van der Waals surface area (Å²) >= 11 is 0. The van der Waals surface area contributed by atoms with Gasteiger partial charge in [-0.1, -0.05) is 31.8 Å². The van der Waals surface area contributed by atoms with Gasteiger partial charge in [0.2, 0.25) is 11.8 Å². The molecule has 2 amide bonds. The van der Waals surface area contributed by atoms with Crippen LogP contribution >= 0.6 is 0 Å². The van der Waals surface area contributed by atoms with E-state index < -0.39 is 0 Å². The Morgan fingerprint density at radius 1 is 1.41 bits per heavy atom. The van der Waals surface area contributed by atoms with E-state index in [1.54, 1.807) is 17.9 Å². The molecule has 1 heterocycles. The molecule has 0 saturated heterocycles. The third-order valence-electron chi connectivity index (χ3n) is 3.83. The van der Waals surface area contributed by atoms with Crippen LogP contribution in [0.3, 0.4) is 0 Å². The Morgan fingerprint density at radius 3 is 2.64 bits per heavy atom. The second kappa shape index (κ2) is 7.42. The van der Waals surface area contributed by atoms with Crippen LogP contribution in [0.15, 0.2) is 10.6 Å². The lowest BCUT2D eigenvalue weighted by atomic mass is 10.1. The van der Waals surface area contributed by atoms with Gasteiger partial charge in [0, 0.05) is 18.5 Å². The third-order valence-corrected chi connectivity index (χ3v) is 3.83. The molecule has 22 heavy (non-hydrogen) atoms. The number of amides is 2. The van der Waals surface area contributed by atoms with Crippen molar-refractivity contribution in [1.29, 1.82) is 0 Å². The van der Waals surface area contributed by atoms with Crippen molar-refractivity contribution in [3.63, 3.8) is 0 Å². The molecular weight excluding hydrogens is 282 g/mol. The summed E-state index contributed by atoms with van der Waals surface area (Å²) in [6.07, 6.45) is 4.10. The molecule has 1 N–H and O–H groups in total. The monoisotopic (exact) mass is 307 g/mol. The molecule has 6 heteroatoms. The molecular formula is C16H25N3O3. The van der Waals surface area contributed by atoms with Crippen molar-refractivity contribution in [3.05, 3.63) is 11.8 Å². The van der Waals surface area contributed by atoms with Gasteiger partial charge in [0.05, 0.1) is 6.54 Å². The van der Waals surface area contributed by atoms with E-state index in [4.69, 9.17) is 4.52 Å². The first-order valence-corrected chi connectivity index (χ1v) is 7.97. The van der Waals surface area contributed by atoms with Crippen LogP contribution in [-0.4, -0.2) is 35.0 Å². The average molecular weight is 307 g/mol. The second-order valence-electron chi connectivity index (χ2n) is 6.46. The van der Waals surface area contributed by atoms with Gasteiger partial charge in [-0.25, -0.2) is 0 Å². The first-order chi connectivity index (χ1) is 10.5. The molecule has 1 aliphatic rings. The topological polar surface area (TPSA) is 75.4 Å². The molecule has 0 aromatic carbocycles. The lowest BCUT2D eigenvalue weighted by Gasteiger charge is -2.26. The van der Waals surface area contributed by atoms with E-state index in [2.05, 4.69) is 10.5 Å². The summed E-state index contributed by atoms with van der Waals surface area (Å²) in [6.45, 7) is 6.53. The summed E-state index contributed by atoms with van der Waals surface area (Å²) in [5, 5.41) is 6.41. The molecule has 0 aliphatic heterocycles. The lowest BCUT2D eigenvalue weighted by molar-refractivity contribution is -0.138. The smallest absolute Gasteiger partial charge is 0.245 e. The zero-order valence-electron chi connectivity index (χ0n) is 13.6. The normalized spacial score (nSPS) is 15.3. The Labute approximate surface area is 131 Å². The van der Waals surface area contributed by atoms with Crippen molar-refractivity contribution in [3.8, 4) is 0 Å². The number of rotatable bonds is 6. The largest absolute Gasteiger partial charge is 0.360 e. The molecule has 6 nitrogen and oxygen atoms in total. The van der Waals surface area contributed by atoms with Crippen molar-refractivity contribution in [2.75, 3.05) is 18.4 Å². The van der Waals surface area contributed by atoms with E-state index in [1.165, 1.54) is 0 Å². The number of anilines is 1. The van der Waals surface area contributed by atoms with E-state index in [1.807, 2.05) is 13.8 Å². The zero-order chi connectivity index (χ0) is 16.1. The minimum atomic E-state index is -0.236. The van der Waals surface area contributed by atoms with Gasteiger partial charge in [0.15, 0.2) is 5.82 Å². The van der Waals surface area contributed by atoms with Gasteiger partial charge in [-0.15, -0.1) is 0 Å². The van der Waals surface area contributed by atoms with Gasteiger partial charge in [0.1, 0.15) is 5.76 Å². The molecule has 0 unspecified atom stereocenters. The highest BCUT2D eigenvalue weighted by atomic mass is 16.5. The van der Waals surface area contributed by atoms with Gasteiger partial charge in [-0.3, -0.25) is 9.59 Å². The fourth-order valence-corrected chi connectivity index (χ4v) is 2.89. The van der Waals surface area contributed by atoms with Gasteiger partial charge in [-0.2, -0.15) is 0 Å². The molecule has 2 rings (SSSR count). The SMILES string of the molecule is Cc1cc(NC(=O)CN(CC(C)C)C(=O)C2CCCC2)no1. The maximum absolute atomic E-state index is 12.6. The second-order valence-corrected chi connectivity index (χ2v) is 6.46. The van der Waals surface area contributed by atoms with Crippen LogP contribution in [0.25, 0.3) is 0 Å². The predicted octanol–water partition coefficient (Wildman–Crippen LogP) is 2.60. The van der Waals surface area contributed by atoms with Crippen LogP contribution in [0.4, 0.5) is 5.82 Å². The summed E-state index contributed by atoms with van der Waals surface area (Å²) in [7, 11) is 0. The Bertz CT molecular complexity index is 518. The molecule has 122 valence electrons. The van der Waals surface area contributed by atoms with Crippen LogP contribution in [0.5, 0.6) is 0 Å². The van der Waals surface area contributed by atoms with E-state index >= 15 is 0 Å². The number of aryl methyl sites for hydroxylation is 1. The molecule has 0 bridgehead atoms. The van der Waals surface area contributed by atoms with Crippen LogP contribution < -0.4 is 5.32 Å². The molecule has 1 aromatic heterocycles. The van der Waals surface area contributed by atoms with Crippen LogP contribution in [0, 0.1) is 18.8 Å². The standard InChI is InChI=1S/C16H25N3O3/c1-11(2)9-19(16(21)13-6-4-5-7-13)10-15(20)17-14-8-12(3)22-18-14/h8,11,13H,4-7,9-10H2,1-3H3,(H,17,18,20).